The predicted molar refractivity (Wildman–Crippen MR) is 129 cm³/mol. The Morgan fingerprint density at radius 3 is 2.44 bits per heavy atom. The summed E-state index contributed by atoms with van der Waals surface area (Å²) in [6.45, 7) is 3.86. The first kappa shape index (κ1) is 21.4. The molecule has 5 aromatic rings. The van der Waals surface area contributed by atoms with Crippen LogP contribution in [0.3, 0.4) is 0 Å². The van der Waals surface area contributed by atoms with Gasteiger partial charge in [-0.25, -0.2) is 14.2 Å². The average Bonchev–Trinajstić information content (AvgIpc) is 3.24. The number of benzene rings is 1. The molecule has 0 aliphatic carbocycles. The standard InChI is InChI=1S/C26H23N5O3/c1-17(2)31-24(32)12-10-21(28-31)25-22-15-19(34-23-11-9-20(33-3)16-27-23)13-14-30(22)29-26(25)18-7-5-4-6-8-18/h4-17H,1-3H3. The van der Waals surface area contributed by atoms with Crippen LogP contribution in [0.15, 0.2) is 83.9 Å². The van der Waals surface area contributed by atoms with Crippen LogP contribution in [0.5, 0.6) is 17.4 Å². The molecule has 0 unspecified atom stereocenters. The van der Waals surface area contributed by atoms with Crippen LogP contribution in [0.1, 0.15) is 19.9 Å². The van der Waals surface area contributed by atoms with Crippen LogP contribution in [-0.2, 0) is 0 Å². The van der Waals surface area contributed by atoms with E-state index in [1.165, 1.54) is 4.68 Å². The Hall–Kier alpha value is -4.46. The Bertz CT molecular complexity index is 1510. The van der Waals surface area contributed by atoms with E-state index in [1.54, 1.807) is 42.1 Å². The van der Waals surface area contributed by atoms with Crippen LogP contribution >= 0.6 is 0 Å². The summed E-state index contributed by atoms with van der Waals surface area (Å²) < 4.78 is 14.4. The zero-order valence-corrected chi connectivity index (χ0v) is 19.0. The maximum Gasteiger partial charge on any atom is 0.267 e. The van der Waals surface area contributed by atoms with Crippen molar-refractivity contribution in [1.29, 1.82) is 0 Å². The molecule has 0 bridgehead atoms. The minimum absolute atomic E-state index is 0.0745. The number of fused-ring (bicyclic) bond motifs is 1. The zero-order chi connectivity index (χ0) is 23.7. The SMILES string of the molecule is COc1ccc(Oc2ccn3nc(-c4ccccc4)c(-c4ccc(=O)n(C(C)C)n4)c3c2)nc1. The van der Waals surface area contributed by atoms with E-state index in [2.05, 4.69) is 10.1 Å². The summed E-state index contributed by atoms with van der Waals surface area (Å²) in [7, 11) is 1.59. The second-order valence-electron chi connectivity index (χ2n) is 8.02. The Kier molecular flexibility index (Phi) is 5.55. The van der Waals surface area contributed by atoms with Gasteiger partial charge >= 0.3 is 0 Å². The van der Waals surface area contributed by atoms with E-state index in [-0.39, 0.29) is 11.6 Å². The van der Waals surface area contributed by atoms with Gasteiger partial charge in [0.2, 0.25) is 5.88 Å². The number of ether oxygens (including phenoxy) is 2. The lowest BCUT2D eigenvalue weighted by molar-refractivity contribution is 0.407. The van der Waals surface area contributed by atoms with Crippen molar-refractivity contribution in [2.75, 3.05) is 7.11 Å². The van der Waals surface area contributed by atoms with Crippen molar-refractivity contribution in [3.63, 3.8) is 0 Å². The molecule has 170 valence electrons. The highest BCUT2D eigenvalue weighted by molar-refractivity contribution is 5.91. The van der Waals surface area contributed by atoms with Crippen molar-refractivity contribution in [3.05, 3.63) is 89.5 Å². The van der Waals surface area contributed by atoms with Gasteiger partial charge in [-0.05, 0) is 32.0 Å². The van der Waals surface area contributed by atoms with Crippen LogP contribution < -0.4 is 15.0 Å². The molecule has 5 rings (SSSR count). The number of pyridine rings is 2. The molecule has 0 atom stereocenters. The fraction of sp³-hybridized carbons (Fsp3) is 0.154. The molecule has 4 heterocycles. The van der Waals surface area contributed by atoms with Gasteiger partial charge in [0.25, 0.3) is 5.56 Å². The number of rotatable bonds is 6. The van der Waals surface area contributed by atoms with Gasteiger partial charge in [0.05, 0.1) is 36.1 Å². The van der Waals surface area contributed by atoms with E-state index in [1.807, 2.05) is 62.5 Å². The third kappa shape index (κ3) is 4.01. The molecule has 34 heavy (non-hydrogen) atoms. The second kappa shape index (κ2) is 8.82. The van der Waals surface area contributed by atoms with Gasteiger partial charge in [0.15, 0.2) is 0 Å². The molecule has 0 amide bonds. The molecule has 0 saturated heterocycles. The molecule has 0 aliphatic rings. The summed E-state index contributed by atoms with van der Waals surface area (Å²) in [5, 5.41) is 9.50. The predicted octanol–water partition coefficient (Wildman–Crippen LogP) is 5.00. The normalized spacial score (nSPS) is 11.2. The molecular formula is C26H23N5O3. The lowest BCUT2D eigenvalue weighted by Crippen LogP contribution is -2.23. The second-order valence-corrected chi connectivity index (χ2v) is 8.02. The molecule has 0 spiro atoms. The molecule has 0 N–H and O–H groups in total. The fourth-order valence-electron chi connectivity index (χ4n) is 3.74. The quantitative estimate of drug-likeness (QED) is 0.360. The largest absolute Gasteiger partial charge is 0.495 e. The summed E-state index contributed by atoms with van der Waals surface area (Å²) in [5.74, 6) is 1.70. The van der Waals surface area contributed by atoms with Gasteiger partial charge in [-0.1, -0.05) is 30.3 Å². The first-order valence-corrected chi connectivity index (χ1v) is 10.9. The zero-order valence-electron chi connectivity index (χ0n) is 19.0. The molecule has 0 radical (unpaired) electrons. The van der Waals surface area contributed by atoms with E-state index in [0.29, 0.717) is 23.1 Å². The van der Waals surface area contributed by atoms with Crippen LogP contribution in [0.25, 0.3) is 28.0 Å². The third-order valence-corrected chi connectivity index (χ3v) is 5.39. The van der Waals surface area contributed by atoms with Crippen molar-refractivity contribution in [3.8, 4) is 39.9 Å². The van der Waals surface area contributed by atoms with E-state index in [4.69, 9.17) is 14.6 Å². The number of methoxy groups -OCH3 is 1. The molecular weight excluding hydrogens is 430 g/mol. The first-order chi connectivity index (χ1) is 16.5. The summed E-state index contributed by atoms with van der Waals surface area (Å²) in [5.41, 5.74) is 3.83. The molecule has 8 nitrogen and oxygen atoms in total. The number of nitrogens with zero attached hydrogens (tertiary/aromatic N) is 5. The van der Waals surface area contributed by atoms with Crippen LogP contribution in [-0.4, -0.2) is 31.5 Å². The minimum Gasteiger partial charge on any atom is -0.495 e. The fourth-order valence-corrected chi connectivity index (χ4v) is 3.74. The van der Waals surface area contributed by atoms with Crippen molar-refractivity contribution in [2.45, 2.75) is 19.9 Å². The van der Waals surface area contributed by atoms with Crippen LogP contribution in [0.4, 0.5) is 0 Å². The highest BCUT2D eigenvalue weighted by Gasteiger charge is 2.19. The van der Waals surface area contributed by atoms with E-state index in [9.17, 15) is 4.79 Å². The average molecular weight is 454 g/mol. The van der Waals surface area contributed by atoms with Gasteiger partial charge in [-0.15, -0.1) is 0 Å². The molecule has 0 aliphatic heterocycles. The maximum atomic E-state index is 12.3. The molecule has 0 saturated carbocycles. The Balaban J connectivity index is 1.68. The van der Waals surface area contributed by atoms with Gasteiger partial charge in [-0.3, -0.25) is 4.79 Å². The van der Waals surface area contributed by atoms with E-state index in [0.717, 1.165) is 22.3 Å². The summed E-state index contributed by atoms with van der Waals surface area (Å²) in [6.07, 6.45) is 3.44. The Labute approximate surface area is 196 Å². The van der Waals surface area contributed by atoms with E-state index < -0.39 is 0 Å². The maximum absolute atomic E-state index is 12.3. The number of aromatic nitrogens is 5. The summed E-state index contributed by atoms with van der Waals surface area (Å²) in [4.78, 5) is 16.6. The topological polar surface area (TPSA) is 83.5 Å². The smallest absolute Gasteiger partial charge is 0.267 e. The van der Waals surface area contributed by atoms with Crippen molar-refractivity contribution in [1.82, 2.24) is 24.4 Å². The highest BCUT2D eigenvalue weighted by atomic mass is 16.5. The molecule has 0 fully saturated rings. The van der Waals surface area contributed by atoms with Crippen molar-refractivity contribution < 1.29 is 9.47 Å². The molecule has 8 heteroatoms. The van der Waals surface area contributed by atoms with Gasteiger partial charge < -0.3 is 9.47 Å². The lowest BCUT2D eigenvalue weighted by atomic mass is 10.0. The molecule has 4 aromatic heterocycles. The number of hydrogen-bond acceptors (Lipinski definition) is 6. The van der Waals surface area contributed by atoms with Crippen LogP contribution in [0, 0.1) is 0 Å². The minimum atomic E-state index is -0.147. The van der Waals surface area contributed by atoms with Crippen LogP contribution in [0.2, 0.25) is 0 Å². The summed E-state index contributed by atoms with van der Waals surface area (Å²) in [6, 6.07) is 20.4. The number of hydrogen-bond donors (Lipinski definition) is 0. The Morgan fingerprint density at radius 1 is 0.912 bits per heavy atom. The lowest BCUT2D eigenvalue weighted by Gasteiger charge is -2.11. The summed E-state index contributed by atoms with van der Waals surface area (Å²) >= 11 is 0. The van der Waals surface area contributed by atoms with E-state index >= 15 is 0 Å². The monoisotopic (exact) mass is 453 g/mol. The van der Waals surface area contributed by atoms with Crippen molar-refractivity contribution in [2.24, 2.45) is 0 Å². The highest BCUT2D eigenvalue weighted by Crippen LogP contribution is 2.35. The van der Waals surface area contributed by atoms with Gasteiger partial charge in [-0.2, -0.15) is 10.2 Å². The molecule has 1 aromatic carbocycles. The first-order valence-electron chi connectivity index (χ1n) is 10.9. The van der Waals surface area contributed by atoms with Gasteiger partial charge in [0, 0.05) is 30.0 Å². The Morgan fingerprint density at radius 2 is 1.74 bits per heavy atom. The third-order valence-electron chi connectivity index (χ3n) is 5.39. The van der Waals surface area contributed by atoms with Gasteiger partial charge in [0.1, 0.15) is 17.2 Å². The van der Waals surface area contributed by atoms with Crippen molar-refractivity contribution >= 4 is 5.52 Å².